The lowest BCUT2D eigenvalue weighted by atomic mass is 10.0. The molecule has 150 valence electrons. The van der Waals surface area contributed by atoms with Gasteiger partial charge in [-0.25, -0.2) is 0 Å². The van der Waals surface area contributed by atoms with E-state index in [9.17, 15) is 20.2 Å². The first-order chi connectivity index (χ1) is 14.5. The zero-order valence-corrected chi connectivity index (χ0v) is 16.3. The molecule has 7 nitrogen and oxygen atoms in total. The number of amides is 1. The van der Waals surface area contributed by atoms with Crippen LogP contribution in [0.1, 0.15) is 18.9 Å². The molecule has 0 atom stereocenters. The van der Waals surface area contributed by atoms with Gasteiger partial charge in [0, 0.05) is 23.4 Å². The molecule has 0 heterocycles. The number of hydrogen-bond acceptors (Lipinski definition) is 5. The Morgan fingerprint density at radius 2 is 2.00 bits per heavy atom. The summed E-state index contributed by atoms with van der Waals surface area (Å²) in [6.07, 6.45) is 2.30. The minimum atomic E-state index is -0.660. The molecule has 0 aliphatic rings. The Balaban J connectivity index is 2.00. The van der Waals surface area contributed by atoms with Crippen LogP contribution in [0.2, 0.25) is 0 Å². The number of nitro benzene ring substituents is 1. The number of nitrogens with one attached hydrogen (secondary N) is 1. The third-order valence-corrected chi connectivity index (χ3v) is 4.36. The number of carbonyl (C=O) groups excluding carboxylic acids is 1. The number of non-ortho nitro benzene ring substituents is 1. The van der Waals surface area contributed by atoms with Crippen LogP contribution in [-0.4, -0.2) is 17.4 Å². The standard InChI is InChI=1S/C23H19N3O4/c1-2-12-30-22-11-10-16-6-3-4-9-20(16)21(22)13-17(15-24)23(27)25-18-7-5-8-19(14-18)26(28)29/h3-11,13-14H,2,12H2,1H3,(H,25,27)/b17-13+. The molecule has 30 heavy (non-hydrogen) atoms. The van der Waals surface area contributed by atoms with E-state index in [2.05, 4.69) is 5.32 Å². The third kappa shape index (κ3) is 4.62. The second-order valence-corrected chi connectivity index (χ2v) is 6.48. The predicted octanol–water partition coefficient (Wildman–Crippen LogP) is 5.08. The Kier molecular flexibility index (Phi) is 6.40. The molecule has 1 N–H and O–H groups in total. The topological polar surface area (TPSA) is 105 Å². The van der Waals surface area contributed by atoms with E-state index in [1.54, 1.807) is 0 Å². The molecule has 0 unspecified atom stereocenters. The summed E-state index contributed by atoms with van der Waals surface area (Å²) in [6.45, 7) is 2.49. The fourth-order valence-electron chi connectivity index (χ4n) is 2.95. The van der Waals surface area contributed by atoms with E-state index in [1.165, 1.54) is 30.3 Å². The summed E-state index contributed by atoms with van der Waals surface area (Å²) in [5.41, 5.74) is 0.571. The number of rotatable bonds is 7. The lowest BCUT2D eigenvalue weighted by Crippen LogP contribution is -2.13. The number of benzene rings is 3. The first-order valence-electron chi connectivity index (χ1n) is 9.35. The highest BCUT2D eigenvalue weighted by Crippen LogP contribution is 2.30. The molecule has 0 saturated carbocycles. The van der Waals surface area contributed by atoms with E-state index in [4.69, 9.17) is 4.74 Å². The number of fused-ring (bicyclic) bond motifs is 1. The fraction of sp³-hybridized carbons (Fsp3) is 0.130. The Morgan fingerprint density at radius 3 is 2.73 bits per heavy atom. The summed E-state index contributed by atoms with van der Waals surface area (Å²) in [5, 5.41) is 24.9. The number of nitrogens with zero attached hydrogens (tertiary/aromatic N) is 2. The molecule has 0 aliphatic heterocycles. The van der Waals surface area contributed by atoms with Crippen molar-refractivity contribution in [2.24, 2.45) is 0 Å². The molecule has 0 aliphatic carbocycles. The van der Waals surface area contributed by atoms with Crippen LogP contribution in [0.25, 0.3) is 16.8 Å². The average molecular weight is 401 g/mol. The van der Waals surface area contributed by atoms with Gasteiger partial charge in [0.15, 0.2) is 0 Å². The van der Waals surface area contributed by atoms with Crippen LogP contribution >= 0.6 is 0 Å². The summed E-state index contributed by atoms with van der Waals surface area (Å²) in [4.78, 5) is 23.1. The van der Waals surface area contributed by atoms with E-state index in [0.29, 0.717) is 17.9 Å². The average Bonchev–Trinajstić information content (AvgIpc) is 2.76. The highest BCUT2D eigenvalue weighted by atomic mass is 16.6. The van der Waals surface area contributed by atoms with E-state index in [1.807, 2.05) is 49.4 Å². The largest absolute Gasteiger partial charge is 0.493 e. The number of nitro groups is 1. The van der Waals surface area contributed by atoms with Crippen molar-refractivity contribution in [3.63, 3.8) is 0 Å². The smallest absolute Gasteiger partial charge is 0.271 e. The van der Waals surface area contributed by atoms with Gasteiger partial charge in [-0.3, -0.25) is 14.9 Å². The Morgan fingerprint density at radius 1 is 1.20 bits per heavy atom. The summed E-state index contributed by atoms with van der Waals surface area (Å²) in [5.74, 6) is -0.0844. The molecule has 0 bridgehead atoms. The lowest BCUT2D eigenvalue weighted by molar-refractivity contribution is -0.384. The number of nitriles is 1. The molecule has 1 amide bonds. The van der Waals surface area contributed by atoms with Crippen LogP contribution in [0.4, 0.5) is 11.4 Å². The maximum absolute atomic E-state index is 12.7. The number of ether oxygens (including phenoxy) is 1. The molecule has 3 aromatic carbocycles. The predicted molar refractivity (Wildman–Crippen MR) is 115 cm³/mol. The molecule has 3 aromatic rings. The first-order valence-corrected chi connectivity index (χ1v) is 9.35. The summed E-state index contributed by atoms with van der Waals surface area (Å²) < 4.78 is 5.82. The van der Waals surface area contributed by atoms with E-state index < -0.39 is 10.8 Å². The minimum absolute atomic E-state index is 0.140. The molecule has 0 radical (unpaired) electrons. The van der Waals surface area contributed by atoms with Crippen LogP contribution < -0.4 is 10.1 Å². The van der Waals surface area contributed by atoms with Crippen LogP contribution in [0.15, 0.2) is 66.2 Å². The quantitative estimate of drug-likeness (QED) is 0.257. The van der Waals surface area contributed by atoms with Crippen molar-refractivity contribution in [2.45, 2.75) is 13.3 Å². The maximum Gasteiger partial charge on any atom is 0.271 e. The van der Waals surface area contributed by atoms with Gasteiger partial charge in [0.1, 0.15) is 17.4 Å². The van der Waals surface area contributed by atoms with Crippen molar-refractivity contribution in [1.82, 2.24) is 0 Å². The van der Waals surface area contributed by atoms with Crippen molar-refractivity contribution in [1.29, 1.82) is 5.26 Å². The molecule has 3 rings (SSSR count). The van der Waals surface area contributed by atoms with E-state index in [-0.39, 0.29) is 16.9 Å². The van der Waals surface area contributed by atoms with Crippen LogP contribution in [0.3, 0.4) is 0 Å². The molecule has 0 spiro atoms. The van der Waals surface area contributed by atoms with Gasteiger partial charge in [0.2, 0.25) is 0 Å². The summed E-state index contributed by atoms with van der Waals surface area (Å²) in [7, 11) is 0. The van der Waals surface area contributed by atoms with E-state index >= 15 is 0 Å². The zero-order chi connectivity index (χ0) is 21.5. The van der Waals surface area contributed by atoms with Gasteiger partial charge < -0.3 is 10.1 Å². The van der Waals surface area contributed by atoms with Gasteiger partial charge in [-0.15, -0.1) is 0 Å². The van der Waals surface area contributed by atoms with Crippen LogP contribution in [-0.2, 0) is 4.79 Å². The van der Waals surface area contributed by atoms with Crippen LogP contribution in [0.5, 0.6) is 5.75 Å². The molecule has 7 heteroatoms. The zero-order valence-electron chi connectivity index (χ0n) is 16.3. The fourth-order valence-corrected chi connectivity index (χ4v) is 2.95. The molecular formula is C23H19N3O4. The van der Waals surface area contributed by atoms with Gasteiger partial charge in [-0.2, -0.15) is 5.26 Å². The van der Waals surface area contributed by atoms with E-state index in [0.717, 1.165) is 17.2 Å². The number of carbonyl (C=O) groups is 1. The maximum atomic E-state index is 12.7. The van der Waals surface area contributed by atoms with Crippen LogP contribution in [0, 0.1) is 21.4 Å². The Hall–Kier alpha value is -4.18. The highest BCUT2D eigenvalue weighted by molar-refractivity contribution is 6.11. The molecular weight excluding hydrogens is 382 g/mol. The Bertz CT molecular complexity index is 1180. The molecule has 0 saturated heterocycles. The van der Waals surface area contributed by atoms with Crippen molar-refractivity contribution in [3.05, 3.63) is 81.9 Å². The highest BCUT2D eigenvalue weighted by Gasteiger charge is 2.15. The number of anilines is 1. The normalized spacial score (nSPS) is 11.0. The van der Waals surface area contributed by atoms with Gasteiger partial charge in [0.05, 0.1) is 11.5 Å². The molecule has 0 fully saturated rings. The van der Waals surface area contributed by atoms with Crippen molar-refractivity contribution in [3.8, 4) is 11.8 Å². The summed E-state index contributed by atoms with van der Waals surface area (Å²) >= 11 is 0. The first kappa shape index (κ1) is 20.6. The SMILES string of the molecule is CCCOc1ccc2ccccc2c1/C=C(\C#N)C(=O)Nc1cccc([N+](=O)[O-])c1. The van der Waals surface area contributed by atoms with Crippen molar-refractivity contribution < 1.29 is 14.5 Å². The second-order valence-electron chi connectivity index (χ2n) is 6.48. The van der Waals surface area contributed by atoms with Gasteiger partial charge in [-0.1, -0.05) is 43.3 Å². The van der Waals surface area contributed by atoms with Gasteiger partial charge >= 0.3 is 0 Å². The number of hydrogen-bond donors (Lipinski definition) is 1. The monoisotopic (exact) mass is 401 g/mol. The second kappa shape index (κ2) is 9.34. The van der Waals surface area contributed by atoms with Crippen molar-refractivity contribution in [2.75, 3.05) is 11.9 Å². The third-order valence-electron chi connectivity index (χ3n) is 4.36. The van der Waals surface area contributed by atoms with Gasteiger partial charge in [0.25, 0.3) is 11.6 Å². The molecule has 0 aromatic heterocycles. The van der Waals surface area contributed by atoms with Crippen molar-refractivity contribution >= 4 is 34.1 Å². The van der Waals surface area contributed by atoms with Gasteiger partial charge in [-0.05, 0) is 35.4 Å². The summed E-state index contributed by atoms with van der Waals surface area (Å²) in [6, 6.07) is 18.8. The lowest BCUT2D eigenvalue weighted by Gasteiger charge is -2.12. The minimum Gasteiger partial charge on any atom is -0.493 e. The Labute approximate surface area is 173 Å².